The Labute approximate surface area is 126 Å². The Morgan fingerprint density at radius 3 is 2.90 bits per heavy atom. The zero-order valence-corrected chi connectivity index (χ0v) is 11.6. The Balaban J connectivity index is 1.97. The lowest BCUT2D eigenvalue weighted by Crippen LogP contribution is -2.12. The van der Waals surface area contributed by atoms with E-state index in [-0.39, 0.29) is 5.91 Å². The van der Waals surface area contributed by atoms with Gasteiger partial charge in [-0.1, -0.05) is 17.7 Å². The van der Waals surface area contributed by atoms with Crippen LogP contribution in [0.3, 0.4) is 0 Å². The van der Waals surface area contributed by atoms with Gasteiger partial charge in [-0.15, -0.1) is 0 Å². The maximum Gasteiger partial charge on any atom is 0.256 e. The van der Waals surface area contributed by atoms with E-state index in [9.17, 15) is 4.79 Å². The number of nitrogens with one attached hydrogen (secondary N) is 2. The van der Waals surface area contributed by atoms with Crippen LogP contribution in [0.4, 0.5) is 5.69 Å². The number of H-pyrrole nitrogens is 1. The first-order chi connectivity index (χ1) is 10.2. The van der Waals surface area contributed by atoms with Crippen LogP contribution < -0.4 is 5.32 Å². The molecule has 0 aliphatic rings. The Morgan fingerprint density at radius 2 is 2.10 bits per heavy atom. The van der Waals surface area contributed by atoms with Crippen molar-refractivity contribution in [3.8, 4) is 6.07 Å². The summed E-state index contributed by atoms with van der Waals surface area (Å²) in [6.07, 6.45) is 1.78. The van der Waals surface area contributed by atoms with E-state index < -0.39 is 0 Å². The average molecular weight is 296 g/mol. The van der Waals surface area contributed by atoms with E-state index in [1.165, 1.54) is 0 Å². The Hall–Kier alpha value is -2.77. The van der Waals surface area contributed by atoms with Gasteiger partial charge in [-0.05, 0) is 36.4 Å². The fraction of sp³-hybridized carbons (Fsp3) is 0. The first-order valence-electron chi connectivity index (χ1n) is 6.26. The van der Waals surface area contributed by atoms with Gasteiger partial charge in [0.2, 0.25) is 0 Å². The summed E-state index contributed by atoms with van der Waals surface area (Å²) in [5.74, 6) is -0.266. The van der Waals surface area contributed by atoms with Gasteiger partial charge < -0.3 is 10.3 Å². The predicted molar refractivity (Wildman–Crippen MR) is 82.4 cm³/mol. The number of aromatic nitrogens is 1. The highest BCUT2D eigenvalue weighted by molar-refractivity contribution is 6.34. The average Bonchev–Trinajstić information content (AvgIpc) is 2.97. The summed E-state index contributed by atoms with van der Waals surface area (Å²) in [6, 6.07) is 14.1. The third-order valence-electron chi connectivity index (χ3n) is 3.18. The van der Waals surface area contributed by atoms with E-state index in [0.29, 0.717) is 21.8 Å². The van der Waals surface area contributed by atoms with Crippen LogP contribution in [0, 0.1) is 11.3 Å². The summed E-state index contributed by atoms with van der Waals surface area (Å²) in [6.45, 7) is 0. The van der Waals surface area contributed by atoms with Crippen LogP contribution >= 0.6 is 11.6 Å². The minimum Gasteiger partial charge on any atom is -0.361 e. The molecule has 0 atom stereocenters. The third-order valence-corrected chi connectivity index (χ3v) is 3.51. The van der Waals surface area contributed by atoms with Gasteiger partial charge in [-0.25, -0.2) is 0 Å². The molecular formula is C16H10ClN3O. The normalized spacial score (nSPS) is 10.3. The largest absolute Gasteiger partial charge is 0.361 e. The highest BCUT2D eigenvalue weighted by atomic mass is 35.5. The summed E-state index contributed by atoms with van der Waals surface area (Å²) in [5, 5.41) is 12.9. The number of fused-ring (bicyclic) bond motifs is 1. The molecule has 0 saturated heterocycles. The van der Waals surface area contributed by atoms with Gasteiger partial charge in [0, 0.05) is 22.7 Å². The van der Waals surface area contributed by atoms with Gasteiger partial charge in [0.1, 0.15) is 0 Å². The number of hydrogen-bond donors (Lipinski definition) is 2. The SMILES string of the molecule is N#Cc1ccc(Cl)c(NC(=O)c2cccc3[nH]ccc23)c1. The summed E-state index contributed by atoms with van der Waals surface area (Å²) < 4.78 is 0. The van der Waals surface area contributed by atoms with Gasteiger partial charge in [0.05, 0.1) is 22.3 Å². The number of rotatable bonds is 2. The number of halogens is 1. The number of anilines is 1. The lowest BCUT2D eigenvalue weighted by molar-refractivity contribution is 0.102. The minimum absolute atomic E-state index is 0.266. The van der Waals surface area contributed by atoms with E-state index in [1.54, 1.807) is 36.5 Å². The first-order valence-corrected chi connectivity index (χ1v) is 6.64. The first kappa shape index (κ1) is 13.2. The van der Waals surface area contributed by atoms with Gasteiger partial charge in [0.25, 0.3) is 5.91 Å². The van der Waals surface area contributed by atoms with Crippen molar-refractivity contribution in [2.24, 2.45) is 0 Å². The van der Waals surface area contributed by atoms with Crippen LogP contribution in [0.25, 0.3) is 10.9 Å². The molecule has 4 nitrogen and oxygen atoms in total. The number of carbonyl (C=O) groups is 1. The van der Waals surface area contributed by atoms with Crippen molar-refractivity contribution < 1.29 is 4.79 Å². The van der Waals surface area contributed by atoms with Crippen molar-refractivity contribution in [1.82, 2.24) is 4.98 Å². The molecule has 0 saturated carbocycles. The van der Waals surface area contributed by atoms with E-state index >= 15 is 0 Å². The molecule has 1 heterocycles. The van der Waals surface area contributed by atoms with Gasteiger partial charge in [-0.3, -0.25) is 4.79 Å². The molecule has 0 fully saturated rings. The highest BCUT2D eigenvalue weighted by Gasteiger charge is 2.12. The molecule has 3 rings (SSSR count). The van der Waals surface area contributed by atoms with E-state index in [1.807, 2.05) is 18.2 Å². The minimum atomic E-state index is -0.266. The number of nitriles is 1. The Kier molecular flexibility index (Phi) is 3.35. The van der Waals surface area contributed by atoms with E-state index in [2.05, 4.69) is 10.3 Å². The highest BCUT2D eigenvalue weighted by Crippen LogP contribution is 2.25. The molecule has 2 aromatic carbocycles. The summed E-state index contributed by atoms with van der Waals surface area (Å²) >= 11 is 6.05. The second-order valence-electron chi connectivity index (χ2n) is 4.51. The van der Waals surface area contributed by atoms with E-state index in [4.69, 9.17) is 16.9 Å². The predicted octanol–water partition coefficient (Wildman–Crippen LogP) is 3.95. The molecule has 3 aromatic rings. The number of nitrogens with zero attached hydrogens (tertiary/aromatic N) is 1. The topological polar surface area (TPSA) is 68.7 Å². The second-order valence-corrected chi connectivity index (χ2v) is 4.91. The summed E-state index contributed by atoms with van der Waals surface area (Å²) in [7, 11) is 0. The summed E-state index contributed by atoms with van der Waals surface area (Å²) in [5.41, 5.74) is 2.30. The van der Waals surface area contributed by atoms with Crippen molar-refractivity contribution in [3.63, 3.8) is 0 Å². The molecule has 0 radical (unpaired) electrons. The van der Waals surface area contributed by atoms with Gasteiger partial charge in [-0.2, -0.15) is 5.26 Å². The maximum absolute atomic E-state index is 12.4. The van der Waals surface area contributed by atoms with Crippen molar-refractivity contribution in [2.45, 2.75) is 0 Å². The second kappa shape index (κ2) is 5.31. The number of amides is 1. The zero-order valence-electron chi connectivity index (χ0n) is 10.9. The van der Waals surface area contributed by atoms with Crippen LogP contribution in [0.15, 0.2) is 48.7 Å². The molecule has 0 spiro atoms. The Morgan fingerprint density at radius 1 is 1.24 bits per heavy atom. The Bertz CT molecular complexity index is 877. The zero-order chi connectivity index (χ0) is 14.8. The maximum atomic E-state index is 12.4. The molecule has 102 valence electrons. The smallest absolute Gasteiger partial charge is 0.256 e. The van der Waals surface area contributed by atoms with Crippen LogP contribution in [-0.2, 0) is 0 Å². The van der Waals surface area contributed by atoms with Crippen LogP contribution in [-0.4, -0.2) is 10.9 Å². The van der Waals surface area contributed by atoms with Crippen LogP contribution in [0.1, 0.15) is 15.9 Å². The van der Waals surface area contributed by atoms with Crippen LogP contribution in [0.5, 0.6) is 0 Å². The molecule has 0 aliphatic carbocycles. The molecular weight excluding hydrogens is 286 g/mol. The van der Waals surface area contributed by atoms with Crippen LogP contribution in [0.2, 0.25) is 5.02 Å². The molecule has 0 unspecified atom stereocenters. The monoisotopic (exact) mass is 295 g/mol. The standard InChI is InChI=1S/C16H10ClN3O/c17-13-5-4-10(9-18)8-15(13)20-16(21)12-2-1-3-14-11(12)6-7-19-14/h1-8,19H,(H,20,21). The number of benzene rings is 2. The lowest BCUT2D eigenvalue weighted by Gasteiger charge is -2.08. The molecule has 5 heteroatoms. The van der Waals surface area contributed by atoms with Crippen molar-refractivity contribution in [2.75, 3.05) is 5.32 Å². The lowest BCUT2D eigenvalue weighted by atomic mass is 10.1. The molecule has 21 heavy (non-hydrogen) atoms. The molecule has 2 N–H and O–H groups in total. The third kappa shape index (κ3) is 2.47. The number of hydrogen-bond acceptors (Lipinski definition) is 2. The van der Waals surface area contributed by atoms with Crippen molar-refractivity contribution in [1.29, 1.82) is 5.26 Å². The van der Waals surface area contributed by atoms with Gasteiger partial charge >= 0.3 is 0 Å². The summed E-state index contributed by atoms with van der Waals surface area (Å²) in [4.78, 5) is 15.5. The molecule has 1 amide bonds. The number of carbonyl (C=O) groups excluding carboxylic acids is 1. The number of aromatic amines is 1. The van der Waals surface area contributed by atoms with E-state index in [0.717, 1.165) is 10.9 Å². The van der Waals surface area contributed by atoms with Crippen molar-refractivity contribution in [3.05, 3.63) is 64.8 Å². The van der Waals surface area contributed by atoms with Crippen molar-refractivity contribution >= 4 is 34.1 Å². The fourth-order valence-corrected chi connectivity index (χ4v) is 2.33. The van der Waals surface area contributed by atoms with Gasteiger partial charge in [0.15, 0.2) is 0 Å². The molecule has 0 bridgehead atoms. The fourth-order valence-electron chi connectivity index (χ4n) is 2.16. The quantitative estimate of drug-likeness (QED) is 0.751. The molecule has 1 aromatic heterocycles. The molecule has 0 aliphatic heterocycles.